The summed E-state index contributed by atoms with van der Waals surface area (Å²) in [5, 5.41) is 18.2. The van der Waals surface area contributed by atoms with Gasteiger partial charge in [-0.1, -0.05) is 19.3 Å². The zero-order valence-corrected chi connectivity index (χ0v) is 15.7. The van der Waals surface area contributed by atoms with Crippen molar-refractivity contribution in [1.82, 2.24) is 35.7 Å². The summed E-state index contributed by atoms with van der Waals surface area (Å²) in [5.41, 5.74) is 0. The quantitative estimate of drug-likeness (QED) is 0.746. The van der Waals surface area contributed by atoms with Crippen molar-refractivity contribution in [3.05, 3.63) is 5.82 Å². The fourth-order valence-electron chi connectivity index (χ4n) is 3.78. The van der Waals surface area contributed by atoms with Crippen LogP contribution in [-0.2, 0) is 17.8 Å². The van der Waals surface area contributed by atoms with E-state index in [4.69, 9.17) is 4.74 Å². The fraction of sp³-hybridized carbons (Fsp3) is 0.882. The predicted octanol–water partition coefficient (Wildman–Crippen LogP) is 0.916. The maximum absolute atomic E-state index is 12.2. The molecule has 1 aromatic heterocycles. The van der Waals surface area contributed by atoms with Gasteiger partial charge in [-0.15, -0.1) is 5.10 Å². The number of hydrogen-bond donors (Lipinski definition) is 2. The smallest absolute Gasteiger partial charge is 0.315 e. The van der Waals surface area contributed by atoms with Gasteiger partial charge in [0.1, 0.15) is 0 Å². The number of amides is 2. The Labute approximate surface area is 154 Å². The van der Waals surface area contributed by atoms with Gasteiger partial charge in [0, 0.05) is 32.3 Å². The minimum absolute atomic E-state index is 0.00106. The lowest BCUT2D eigenvalue weighted by atomic mass is 9.96. The van der Waals surface area contributed by atoms with E-state index >= 15 is 0 Å². The highest BCUT2D eigenvalue weighted by molar-refractivity contribution is 5.74. The van der Waals surface area contributed by atoms with Crippen LogP contribution in [0.25, 0.3) is 0 Å². The summed E-state index contributed by atoms with van der Waals surface area (Å²) in [6.07, 6.45) is 7.90. The topological polar surface area (TPSA) is 97.2 Å². The van der Waals surface area contributed by atoms with Crippen LogP contribution in [0.4, 0.5) is 4.79 Å². The van der Waals surface area contributed by atoms with Crippen LogP contribution in [0.15, 0.2) is 0 Å². The molecule has 1 aliphatic heterocycles. The first-order valence-corrected chi connectivity index (χ1v) is 9.78. The molecule has 2 fully saturated rings. The molecule has 26 heavy (non-hydrogen) atoms. The summed E-state index contributed by atoms with van der Waals surface area (Å²) >= 11 is 0. The molecule has 2 heterocycles. The number of methoxy groups -OCH3 is 1. The first-order valence-electron chi connectivity index (χ1n) is 9.78. The molecule has 2 amide bonds. The lowest BCUT2D eigenvalue weighted by molar-refractivity contribution is 0.168. The summed E-state index contributed by atoms with van der Waals surface area (Å²) in [6, 6.07) is 0.605. The molecule has 1 aromatic rings. The number of hydrogen-bond acceptors (Lipinski definition) is 6. The van der Waals surface area contributed by atoms with E-state index in [1.54, 1.807) is 11.8 Å². The molecule has 2 N–H and O–H groups in total. The summed E-state index contributed by atoms with van der Waals surface area (Å²) in [6.45, 7) is 3.87. The van der Waals surface area contributed by atoms with Crippen LogP contribution in [0.3, 0.4) is 0 Å². The van der Waals surface area contributed by atoms with Crippen LogP contribution in [0.2, 0.25) is 0 Å². The number of carbonyl (C=O) groups excluding carboxylic acids is 1. The molecular weight excluding hydrogens is 334 g/mol. The minimum atomic E-state index is -0.00106. The second-order valence-corrected chi connectivity index (χ2v) is 7.31. The summed E-state index contributed by atoms with van der Waals surface area (Å²) < 4.78 is 6.89. The highest BCUT2D eigenvalue weighted by Crippen LogP contribution is 2.17. The normalized spacial score (nSPS) is 20.2. The fourth-order valence-corrected chi connectivity index (χ4v) is 3.78. The van der Waals surface area contributed by atoms with Crippen molar-refractivity contribution in [3.8, 4) is 0 Å². The van der Waals surface area contributed by atoms with Crippen molar-refractivity contribution >= 4 is 6.03 Å². The molecule has 0 spiro atoms. The van der Waals surface area contributed by atoms with Crippen molar-refractivity contribution in [3.63, 3.8) is 0 Å². The van der Waals surface area contributed by atoms with Gasteiger partial charge in [0.25, 0.3) is 0 Å². The summed E-state index contributed by atoms with van der Waals surface area (Å²) in [5.74, 6) is 0.864. The second kappa shape index (κ2) is 9.82. The number of ether oxygens (including phenoxy) is 1. The summed E-state index contributed by atoms with van der Waals surface area (Å²) in [7, 11) is 1.67. The number of nitrogens with zero attached hydrogens (tertiary/aromatic N) is 5. The van der Waals surface area contributed by atoms with E-state index in [0.29, 0.717) is 19.2 Å². The van der Waals surface area contributed by atoms with Gasteiger partial charge in [0.15, 0.2) is 5.82 Å². The SMILES string of the molecule is COCCn1nnnc1CN1CCC(NC(=O)NC2CCCCC2)CC1. The summed E-state index contributed by atoms with van der Waals surface area (Å²) in [4.78, 5) is 14.5. The number of carbonyl (C=O) groups is 1. The number of likely N-dealkylation sites (tertiary alicyclic amines) is 1. The molecule has 0 bridgehead atoms. The molecule has 3 rings (SSSR count). The number of piperidine rings is 1. The van der Waals surface area contributed by atoms with E-state index in [-0.39, 0.29) is 12.1 Å². The molecule has 0 aromatic carbocycles. The molecule has 1 saturated heterocycles. The Morgan fingerprint density at radius 2 is 1.81 bits per heavy atom. The van der Waals surface area contributed by atoms with Crippen molar-refractivity contribution in [2.24, 2.45) is 0 Å². The lowest BCUT2D eigenvalue weighted by Crippen LogP contribution is -2.50. The van der Waals surface area contributed by atoms with Gasteiger partial charge in [-0.25, -0.2) is 9.48 Å². The number of aromatic nitrogens is 4. The van der Waals surface area contributed by atoms with Crippen molar-refractivity contribution in [2.45, 2.75) is 70.1 Å². The standard InChI is InChI=1S/C17H31N7O2/c1-26-12-11-24-16(20-21-22-24)13-23-9-7-15(8-10-23)19-17(25)18-14-5-3-2-4-6-14/h14-15H,2-13H2,1H3,(H2,18,19,25). The van der Waals surface area contributed by atoms with E-state index in [0.717, 1.165) is 51.1 Å². The molecule has 9 heteroatoms. The van der Waals surface area contributed by atoms with E-state index in [9.17, 15) is 4.79 Å². The maximum atomic E-state index is 12.2. The zero-order chi connectivity index (χ0) is 18.2. The van der Waals surface area contributed by atoms with Gasteiger partial charge in [-0.2, -0.15) is 0 Å². The highest BCUT2D eigenvalue weighted by Gasteiger charge is 2.23. The van der Waals surface area contributed by atoms with Crippen LogP contribution in [0.5, 0.6) is 0 Å². The number of tetrazole rings is 1. The molecule has 1 aliphatic carbocycles. The van der Waals surface area contributed by atoms with E-state index in [1.165, 1.54) is 19.3 Å². The third kappa shape index (κ3) is 5.63. The molecule has 146 valence electrons. The molecule has 9 nitrogen and oxygen atoms in total. The minimum Gasteiger partial charge on any atom is -0.383 e. The van der Waals surface area contributed by atoms with E-state index in [2.05, 4.69) is 31.1 Å². The Hall–Kier alpha value is -1.74. The highest BCUT2D eigenvalue weighted by atomic mass is 16.5. The molecule has 0 atom stereocenters. The van der Waals surface area contributed by atoms with Gasteiger partial charge >= 0.3 is 6.03 Å². The lowest BCUT2D eigenvalue weighted by Gasteiger charge is -2.32. The van der Waals surface area contributed by atoms with Crippen LogP contribution < -0.4 is 10.6 Å². The molecule has 0 radical (unpaired) electrons. The second-order valence-electron chi connectivity index (χ2n) is 7.31. The maximum Gasteiger partial charge on any atom is 0.315 e. The molecule has 1 saturated carbocycles. The number of urea groups is 1. The van der Waals surface area contributed by atoms with Gasteiger partial charge in [-0.3, -0.25) is 4.90 Å². The Morgan fingerprint density at radius 1 is 1.12 bits per heavy atom. The molecule has 0 unspecified atom stereocenters. The largest absolute Gasteiger partial charge is 0.383 e. The third-order valence-electron chi connectivity index (χ3n) is 5.34. The van der Waals surface area contributed by atoms with Crippen LogP contribution in [0.1, 0.15) is 50.8 Å². The average Bonchev–Trinajstić information content (AvgIpc) is 3.09. The van der Waals surface area contributed by atoms with Crippen molar-refractivity contribution in [1.29, 1.82) is 0 Å². The van der Waals surface area contributed by atoms with Gasteiger partial charge in [0.2, 0.25) is 0 Å². The molecule has 2 aliphatic rings. The first kappa shape index (κ1) is 19.0. The van der Waals surface area contributed by atoms with Gasteiger partial charge in [0.05, 0.1) is 19.7 Å². The van der Waals surface area contributed by atoms with E-state index in [1.807, 2.05) is 0 Å². The molecular formula is C17H31N7O2. The Balaban J connectivity index is 1.37. The van der Waals surface area contributed by atoms with Crippen LogP contribution >= 0.6 is 0 Å². The number of nitrogens with one attached hydrogen (secondary N) is 2. The Morgan fingerprint density at radius 3 is 2.50 bits per heavy atom. The van der Waals surface area contributed by atoms with Crippen molar-refractivity contribution in [2.75, 3.05) is 26.8 Å². The predicted molar refractivity (Wildman–Crippen MR) is 96.5 cm³/mol. The van der Waals surface area contributed by atoms with Gasteiger partial charge < -0.3 is 15.4 Å². The van der Waals surface area contributed by atoms with Crippen LogP contribution in [0, 0.1) is 0 Å². The van der Waals surface area contributed by atoms with Gasteiger partial charge in [-0.05, 0) is 36.1 Å². The first-order chi connectivity index (χ1) is 12.7. The average molecular weight is 365 g/mol. The van der Waals surface area contributed by atoms with Crippen molar-refractivity contribution < 1.29 is 9.53 Å². The Bertz CT molecular complexity index is 551. The monoisotopic (exact) mass is 365 g/mol. The third-order valence-corrected chi connectivity index (χ3v) is 5.34. The van der Waals surface area contributed by atoms with Crippen LogP contribution in [-0.4, -0.2) is 70.0 Å². The number of rotatable bonds is 7. The van der Waals surface area contributed by atoms with E-state index < -0.39 is 0 Å². The zero-order valence-electron chi connectivity index (χ0n) is 15.7. The Kier molecular flexibility index (Phi) is 7.19.